The van der Waals surface area contributed by atoms with Gasteiger partial charge >= 0.3 is 0 Å². The lowest BCUT2D eigenvalue weighted by molar-refractivity contribution is -0.400. The standard InChI is InChI=1S/C13H11NO3/c1-17-13-11(8-9-14(15)16)7-6-10-4-2-3-5-12(10)13/h2-9H,1H3/b9-8+. The van der Waals surface area contributed by atoms with Crippen molar-refractivity contribution in [2.75, 3.05) is 7.11 Å². The molecule has 17 heavy (non-hydrogen) atoms. The molecule has 2 aromatic carbocycles. The summed E-state index contributed by atoms with van der Waals surface area (Å²) in [6, 6.07) is 11.5. The topological polar surface area (TPSA) is 52.4 Å². The van der Waals surface area contributed by atoms with Gasteiger partial charge in [0.25, 0.3) is 0 Å². The van der Waals surface area contributed by atoms with E-state index in [9.17, 15) is 10.1 Å². The largest absolute Gasteiger partial charge is 0.495 e. The molecule has 2 rings (SSSR count). The monoisotopic (exact) mass is 229 g/mol. The third kappa shape index (κ3) is 2.25. The Bertz CT molecular complexity index is 590. The maximum atomic E-state index is 10.3. The Balaban J connectivity index is 2.60. The van der Waals surface area contributed by atoms with Crippen LogP contribution in [0.25, 0.3) is 16.8 Å². The fourth-order valence-corrected chi connectivity index (χ4v) is 1.76. The minimum Gasteiger partial charge on any atom is -0.495 e. The average molecular weight is 229 g/mol. The van der Waals surface area contributed by atoms with Gasteiger partial charge in [0.05, 0.1) is 12.0 Å². The van der Waals surface area contributed by atoms with Crippen LogP contribution in [0.3, 0.4) is 0 Å². The second-order valence-corrected chi connectivity index (χ2v) is 3.51. The number of hydrogen-bond acceptors (Lipinski definition) is 3. The summed E-state index contributed by atoms with van der Waals surface area (Å²) in [5, 5.41) is 12.3. The lowest BCUT2D eigenvalue weighted by atomic mass is 10.1. The van der Waals surface area contributed by atoms with Crippen molar-refractivity contribution >= 4 is 16.8 Å². The van der Waals surface area contributed by atoms with Gasteiger partial charge in [0.2, 0.25) is 6.20 Å². The quantitative estimate of drug-likeness (QED) is 0.600. The van der Waals surface area contributed by atoms with E-state index in [1.165, 1.54) is 6.08 Å². The molecule has 4 nitrogen and oxygen atoms in total. The van der Waals surface area contributed by atoms with Crippen LogP contribution in [0, 0.1) is 10.1 Å². The van der Waals surface area contributed by atoms with Crippen molar-refractivity contribution < 1.29 is 9.66 Å². The zero-order valence-electron chi connectivity index (χ0n) is 9.29. The highest BCUT2D eigenvalue weighted by atomic mass is 16.6. The van der Waals surface area contributed by atoms with Crippen molar-refractivity contribution in [3.63, 3.8) is 0 Å². The Morgan fingerprint density at radius 2 is 2.00 bits per heavy atom. The smallest absolute Gasteiger partial charge is 0.235 e. The molecule has 0 saturated carbocycles. The van der Waals surface area contributed by atoms with Crippen LogP contribution in [0.5, 0.6) is 5.75 Å². The number of nitro groups is 1. The summed E-state index contributed by atoms with van der Waals surface area (Å²) < 4.78 is 5.32. The summed E-state index contributed by atoms with van der Waals surface area (Å²) in [5.74, 6) is 0.654. The van der Waals surface area contributed by atoms with Crippen LogP contribution in [0.1, 0.15) is 5.56 Å². The molecule has 0 fully saturated rings. The first kappa shape index (κ1) is 11.1. The molecule has 0 saturated heterocycles. The molecule has 0 heterocycles. The average Bonchev–Trinajstić information content (AvgIpc) is 2.35. The predicted molar refractivity (Wildman–Crippen MR) is 66.5 cm³/mol. The number of hydrogen-bond donors (Lipinski definition) is 0. The van der Waals surface area contributed by atoms with Crippen LogP contribution in [-0.4, -0.2) is 12.0 Å². The van der Waals surface area contributed by atoms with E-state index in [0.717, 1.165) is 17.0 Å². The van der Waals surface area contributed by atoms with Crippen LogP contribution >= 0.6 is 0 Å². The van der Waals surface area contributed by atoms with E-state index in [1.54, 1.807) is 13.2 Å². The molecule has 4 heteroatoms. The number of ether oxygens (including phenoxy) is 1. The summed E-state index contributed by atoms with van der Waals surface area (Å²) in [4.78, 5) is 9.82. The Labute approximate surface area is 98.3 Å². The molecule has 0 aromatic heterocycles. The third-order valence-electron chi connectivity index (χ3n) is 2.49. The van der Waals surface area contributed by atoms with Crippen molar-refractivity contribution in [1.82, 2.24) is 0 Å². The van der Waals surface area contributed by atoms with E-state index in [2.05, 4.69) is 0 Å². The molecule has 0 radical (unpaired) electrons. The van der Waals surface area contributed by atoms with Crippen LogP contribution in [0.4, 0.5) is 0 Å². The Morgan fingerprint density at radius 3 is 2.71 bits per heavy atom. The molecule has 0 amide bonds. The van der Waals surface area contributed by atoms with Gasteiger partial charge in [-0.05, 0) is 5.39 Å². The molecule has 0 atom stereocenters. The highest BCUT2D eigenvalue weighted by Crippen LogP contribution is 2.30. The molecule has 0 spiro atoms. The van der Waals surface area contributed by atoms with E-state index in [4.69, 9.17) is 4.74 Å². The molecule has 0 bridgehead atoms. The van der Waals surface area contributed by atoms with Crippen LogP contribution in [-0.2, 0) is 0 Å². The van der Waals surface area contributed by atoms with Gasteiger partial charge in [0.1, 0.15) is 5.75 Å². The molecular weight excluding hydrogens is 218 g/mol. The predicted octanol–water partition coefficient (Wildman–Crippen LogP) is 3.10. The molecule has 0 aliphatic rings. The minimum absolute atomic E-state index is 0.491. The van der Waals surface area contributed by atoms with E-state index in [0.29, 0.717) is 11.3 Å². The number of methoxy groups -OCH3 is 1. The minimum atomic E-state index is -0.491. The molecule has 0 aliphatic heterocycles. The SMILES string of the molecule is COc1c(/C=C/[N+](=O)[O-])ccc2ccccc12. The maximum absolute atomic E-state index is 10.3. The fourth-order valence-electron chi connectivity index (χ4n) is 1.76. The van der Waals surface area contributed by atoms with Gasteiger partial charge in [-0.2, -0.15) is 0 Å². The second-order valence-electron chi connectivity index (χ2n) is 3.51. The van der Waals surface area contributed by atoms with Crippen molar-refractivity contribution in [1.29, 1.82) is 0 Å². The number of rotatable bonds is 3. The summed E-state index contributed by atoms with van der Waals surface area (Å²) in [7, 11) is 1.56. The van der Waals surface area contributed by atoms with Gasteiger partial charge in [-0.1, -0.05) is 36.4 Å². The van der Waals surface area contributed by atoms with Gasteiger partial charge in [0, 0.05) is 17.0 Å². The first-order valence-corrected chi connectivity index (χ1v) is 5.10. The van der Waals surface area contributed by atoms with Gasteiger partial charge in [-0.25, -0.2) is 0 Å². The molecular formula is C13H11NO3. The van der Waals surface area contributed by atoms with Crippen molar-refractivity contribution in [2.45, 2.75) is 0 Å². The highest BCUT2D eigenvalue weighted by Gasteiger charge is 2.06. The lowest BCUT2D eigenvalue weighted by Crippen LogP contribution is -1.90. The van der Waals surface area contributed by atoms with Gasteiger partial charge in [-0.3, -0.25) is 10.1 Å². The van der Waals surface area contributed by atoms with Crippen molar-refractivity contribution in [2.24, 2.45) is 0 Å². The molecule has 0 unspecified atom stereocenters. The van der Waals surface area contributed by atoms with E-state index < -0.39 is 4.92 Å². The van der Waals surface area contributed by atoms with Gasteiger partial charge in [-0.15, -0.1) is 0 Å². The van der Waals surface area contributed by atoms with E-state index in [1.807, 2.05) is 30.3 Å². The van der Waals surface area contributed by atoms with Crippen molar-refractivity contribution in [3.8, 4) is 5.75 Å². The van der Waals surface area contributed by atoms with Crippen molar-refractivity contribution in [3.05, 3.63) is 58.3 Å². The number of nitrogens with zero attached hydrogens (tertiary/aromatic N) is 1. The van der Waals surface area contributed by atoms with E-state index >= 15 is 0 Å². The van der Waals surface area contributed by atoms with E-state index in [-0.39, 0.29) is 0 Å². The fraction of sp³-hybridized carbons (Fsp3) is 0.0769. The first-order chi connectivity index (χ1) is 8.22. The molecule has 86 valence electrons. The van der Waals surface area contributed by atoms with Crippen LogP contribution < -0.4 is 4.74 Å². The first-order valence-electron chi connectivity index (χ1n) is 5.10. The van der Waals surface area contributed by atoms with Gasteiger partial charge in [0.15, 0.2) is 0 Å². The number of benzene rings is 2. The molecule has 0 N–H and O–H groups in total. The van der Waals surface area contributed by atoms with Gasteiger partial charge < -0.3 is 4.74 Å². The Kier molecular flexibility index (Phi) is 3.05. The summed E-state index contributed by atoms with van der Waals surface area (Å²) >= 11 is 0. The third-order valence-corrected chi connectivity index (χ3v) is 2.49. The Hall–Kier alpha value is -2.36. The molecule has 0 aliphatic carbocycles. The summed E-state index contributed by atoms with van der Waals surface area (Å²) in [6.45, 7) is 0. The second kappa shape index (κ2) is 4.65. The summed E-state index contributed by atoms with van der Waals surface area (Å²) in [6.07, 6.45) is 2.35. The number of fused-ring (bicyclic) bond motifs is 1. The summed E-state index contributed by atoms with van der Waals surface area (Å²) in [5.41, 5.74) is 0.697. The lowest BCUT2D eigenvalue weighted by Gasteiger charge is -2.08. The maximum Gasteiger partial charge on any atom is 0.235 e. The molecule has 2 aromatic rings. The highest BCUT2D eigenvalue weighted by molar-refractivity contribution is 5.91. The zero-order valence-corrected chi connectivity index (χ0v) is 9.29. The van der Waals surface area contributed by atoms with Crippen LogP contribution in [0.15, 0.2) is 42.6 Å². The Morgan fingerprint density at radius 1 is 1.24 bits per heavy atom. The normalized spacial score (nSPS) is 10.9. The zero-order chi connectivity index (χ0) is 12.3. The van der Waals surface area contributed by atoms with Crippen LogP contribution in [0.2, 0.25) is 0 Å².